The van der Waals surface area contributed by atoms with Gasteiger partial charge in [0.15, 0.2) is 0 Å². The van der Waals surface area contributed by atoms with Crippen molar-refractivity contribution in [3.63, 3.8) is 0 Å². The summed E-state index contributed by atoms with van der Waals surface area (Å²) in [6.07, 6.45) is 0.785. The van der Waals surface area contributed by atoms with E-state index in [-0.39, 0.29) is 13.0 Å². The molecule has 2 aliphatic heterocycles. The van der Waals surface area contributed by atoms with Gasteiger partial charge in [0.1, 0.15) is 5.60 Å². The average molecular weight is 177 g/mol. The second-order valence-electron chi connectivity index (χ2n) is 3.55. The van der Waals surface area contributed by atoms with Crippen LogP contribution in [0.5, 0.6) is 0 Å². The molecule has 2 nitrogen and oxygen atoms in total. The van der Waals surface area contributed by atoms with Crippen molar-refractivity contribution < 1.29 is 13.5 Å². The number of piperidine rings is 1. The molecule has 0 aromatic heterocycles. The van der Waals surface area contributed by atoms with Crippen molar-refractivity contribution in [2.45, 2.75) is 30.8 Å². The molecule has 2 saturated heterocycles. The van der Waals surface area contributed by atoms with Gasteiger partial charge in [0.25, 0.3) is 5.92 Å². The van der Waals surface area contributed by atoms with E-state index in [1.807, 2.05) is 0 Å². The Morgan fingerprint density at radius 1 is 1.08 bits per heavy atom. The lowest BCUT2D eigenvalue weighted by Gasteiger charge is -2.37. The fraction of sp³-hybridized carbons (Fsp3) is 1.00. The molecule has 0 unspecified atom stereocenters. The zero-order valence-electron chi connectivity index (χ0n) is 6.91. The zero-order valence-corrected chi connectivity index (χ0v) is 6.91. The lowest BCUT2D eigenvalue weighted by Crippen LogP contribution is -2.51. The van der Waals surface area contributed by atoms with Crippen LogP contribution in [-0.4, -0.2) is 31.2 Å². The van der Waals surface area contributed by atoms with Gasteiger partial charge in [-0.05, 0) is 25.9 Å². The third-order valence-electron chi connectivity index (χ3n) is 2.87. The van der Waals surface area contributed by atoms with Crippen molar-refractivity contribution in [3.05, 3.63) is 0 Å². The molecule has 4 heteroatoms. The first kappa shape index (κ1) is 8.38. The van der Waals surface area contributed by atoms with Crippen LogP contribution < -0.4 is 5.32 Å². The summed E-state index contributed by atoms with van der Waals surface area (Å²) < 4.78 is 31.9. The van der Waals surface area contributed by atoms with Crippen molar-refractivity contribution in [1.82, 2.24) is 5.32 Å². The minimum Gasteiger partial charge on any atom is -0.368 e. The maximum Gasteiger partial charge on any atom is 0.278 e. The van der Waals surface area contributed by atoms with E-state index < -0.39 is 11.5 Å². The lowest BCUT2D eigenvalue weighted by atomic mass is 9.86. The fourth-order valence-electron chi connectivity index (χ4n) is 2.05. The molecule has 0 bridgehead atoms. The van der Waals surface area contributed by atoms with E-state index in [1.165, 1.54) is 0 Å². The van der Waals surface area contributed by atoms with E-state index in [1.54, 1.807) is 0 Å². The van der Waals surface area contributed by atoms with Gasteiger partial charge in [-0.25, -0.2) is 8.78 Å². The summed E-state index contributed by atoms with van der Waals surface area (Å²) in [5, 5.41) is 3.06. The van der Waals surface area contributed by atoms with Crippen LogP contribution >= 0.6 is 0 Å². The molecule has 0 aromatic rings. The van der Waals surface area contributed by atoms with Crippen LogP contribution in [-0.2, 0) is 4.74 Å². The van der Waals surface area contributed by atoms with Crippen LogP contribution in [0, 0.1) is 0 Å². The second kappa shape index (κ2) is 2.64. The standard InChI is InChI=1S/C8H13F2NO/c9-8(10)3-6-12-7(8)1-4-11-5-2-7/h11H,1-6H2. The fourth-order valence-corrected chi connectivity index (χ4v) is 2.05. The molecule has 2 aliphatic rings. The molecule has 0 amide bonds. The Hall–Kier alpha value is -0.220. The normalized spacial score (nSPS) is 32.5. The molecule has 0 atom stereocenters. The first-order chi connectivity index (χ1) is 5.66. The van der Waals surface area contributed by atoms with Gasteiger partial charge in [-0.3, -0.25) is 0 Å². The maximum absolute atomic E-state index is 13.3. The second-order valence-corrected chi connectivity index (χ2v) is 3.55. The first-order valence-corrected chi connectivity index (χ1v) is 4.39. The summed E-state index contributed by atoms with van der Waals surface area (Å²) >= 11 is 0. The molecule has 0 aliphatic carbocycles. The van der Waals surface area contributed by atoms with Gasteiger partial charge >= 0.3 is 0 Å². The van der Waals surface area contributed by atoms with Crippen molar-refractivity contribution in [2.24, 2.45) is 0 Å². The predicted octanol–water partition coefficient (Wildman–Crippen LogP) is 1.16. The molecule has 2 fully saturated rings. The third kappa shape index (κ3) is 1.05. The topological polar surface area (TPSA) is 21.3 Å². The number of rotatable bonds is 0. The zero-order chi connectivity index (χ0) is 8.66. The molecular formula is C8H13F2NO. The number of hydrogen-bond acceptors (Lipinski definition) is 2. The molecule has 1 N–H and O–H groups in total. The van der Waals surface area contributed by atoms with Crippen molar-refractivity contribution in [3.8, 4) is 0 Å². The third-order valence-corrected chi connectivity index (χ3v) is 2.87. The lowest BCUT2D eigenvalue weighted by molar-refractivity contribution is -0.159. The van der Waals surface area contributed by atoms with Crippen molar-refractivity contribution in [2.75, 3.05) is 19.7 Å². The highest BCUT2D eigenvalue weighted by Crippen LogP contribution is 2.45. The molecule has 0 radical (unpaired) electrons. The largest absolute Gasteiger partial charge is 0.368 e. The molecule has 0 saturated carbocycles. The monoisotopic (exact) mass is 177 g/mol. The highest BCUT2D eigenvalue weighted by molar-refractivity contribution is 5.01. The molecule has 1 spiro atoms. The Balaban J connectivity index is 2.17. The molecule has 0 aromatic carbocycles. The molecule has 2 heterocycles. The van der Waals surface area contributed by atoms with Crippen molar-refractivity contribution in [1.29, 1.82) is 0 Å². The summed E-state index contributed by atoms with van der Waals surface area (Å²) in [5.74, 6) is -2.60. The Bertz CT molecular complexity index is 178. The summed E-state index contributed by atoms with van der Waals surface area (Å²) in [6, 6.07) is 0. The summed E-state index contributed by atoms with van der Waals surface area (Å²) in [6.45, 7) is 1.51. The minimum absolute atomic E-state index is 0.104. The van der Waals surface area contributed by atoms with E-state index in [2.05, 4.69) is 5.32 Å². The van der Waals surface area contributed by atoms with Crippen LogP contribution in [0.4, 0.5) is 8.78 Å². The van der Waals surface area contributed by atoms with E-state index in [4.69, 9.17) is 4.74 Å². The van der Waals surface area contributed by atoms with E-state index in [0.717, 1.165) is 0 Å². The number of alkyl halides is 2. The smallest absolute Gasteiger partial charge is 0.278 e. The Labute approximate surface area is 70.3 Å². The van der Waals surface area contributed by atoms with E-state index >= 15 is 0 Å². The maximum atomic E-state index is 13.3. The van der Waals surface area contributed by atoms with E-state index in [9.17, 15) is 8.78 Å². The summed E-state index contributed by atoms with van der Waals surface area (Å²) in [7, 11) is 0. The number of halogens is 2. The van der Waals surface area contributed by atoms with E-state index in [0.29, 0.717) is 25.9 Å². The van der Waals surface area contributed by atoms with Crippen LogP contribution in [0.3, 0.4) is 0 Å². The Morgan fingerprint density at radius 2 is 1.75 bits per heavy atom. The SMILES string of the molecule is FC1(F)CCOC12CCNCC2. The van der Waals surface area contributed by atoms with Crippen molar-refractivity contribution >= 4 is 0 Å². The van der Waals surface area contributed by atoms with Gasteiger partial charge in [-0.1, -0.05) is 0 Å². The van der Waals surface area contributed by atoms with Gasteiger partial charge in [0.05, 0.1) is 6.61 Å². The summed E-state index contributed by atoms with van der Waals surface area (Å²) in [5.41, 5.74) is -1.13. The Morgan fingerprint density at radius 3 is 2.25 bits per heavy atom. The minimum atomic E-state index is -2.60. The number of nitrogens with one attached hydrogen (secondary N) is 1. The highest BCUT2D eigenvalue weighted by Gasteiger charge is 2.58. The summed E-state index contributed by atoms with van der Waals surface area (Å²) in [4.78, 5) is 0. The predicted molar refractivity (Wildman–Crippen MR) is 40.4 cm³/mol. The highest BCUT2D eigenvalue weighted by atomic mass is 19.3. The van der Waals surface area contributed by atoms with Crippen LogP contribution in [0.15, 0.2) is 0 Å². The molecule has 70 valence electrons. The molecule has 2 rings (SSSR count). The van der Waals surface area contributed by atoms with Crippen LogP contribution in [0.1, 0.15) is 19.3 Å². The van der Waals surface area contributed by atoms with Gasteiger partial charge < -0.3 is 10.1 Å². The van der Waals surface area contributed by atoms with Gasteiger partial charge in [0, 0.05) is 6.42 Å². The molecule has 12 heavy (non-hydrogen) atoms. The number of hydrogen-bond donors (Lipinski definition) is 1. The van der Waals surface area contributed by atoms with Crippen LogP contribution in [0.25, 0.3) is 0 Å². The van der Waals surface area contributed by atoms with Gasteiger partial charge in [-0.2, -0.15) is 0 Å². The van der Waals surface area contributed by atoms with Gasteiger partial charge in [0.2, 0.25) is 0 Å². The van der Waals surface area contributed by atoms with Gasteiger partial charge in [-0.15, -0.1) is 0 Å². The number of ether oxygens (including phenoxy) is 1. The Kier molecular flexibility index (Phi) is 1.84. The average Bonchev–Trinajstić information content (AvgIpc) is 2.30. The molecular weight excluding hydrogens is 164 g/mol. The van der Waals surface area contributed by atoms with Crippen LogP contribution in [0.2, 0.25) is 0 Å². The first-order valence-electron chi connectivity index (χ1n) is 4.39. The quantitative estimate of drug-likeness (QED) is 0.599.